The largest absolute Gasteiger partial charge is 0.467 e. The maximum atomic E-state index is 13.0. The minimum absolute atomic E-state index is 0.209. The van der Waals surface area contributed by atoms with Crippen LogP contribution in [0, 0.1) is 0 Å². The Hall–Kier alpha value is -2.57. The summed E-state index contributed by atoms with van der Waals surface area (Å²) in [5, 5.41) is 4.82. The number of carbonyl (C=O) groups is 2. The van der Waals surface area contributed by atoms with Gasteiger partial charge in [0.15, 0.2) is 0 Å². The van der Waals surface area contributed by atoms with Crippen LogP contribution in [0.4, 0.5) is 0 Å². The molecule has 0 saturated carbocycles. The third-order valence-corrected chi connectivity index (χ3v) is 5.24. The molecule has 1 atom stereocenters. The zero-order valence-corrected chi connectivity index (χ0v) is 16.8. The van der Waals surface area contributed by atoms with E-state index in [0.29, 0.717) is 21.3 Å². The van der Waals surface area contributed by atoms with E-state index in [1.54, 1.807) is 24.3 Å². The van der Waals surface area contributed by atoms with Gasteiger partial charge in [0.25, 0.3) is 5.91 Å². The fraction of sp³-hybridized carbons (Fsp3) is 0.250. The summed E-state index contributed by atoms with van der Waals surface area (Å²) < 4.78 is 4.82. The molecule has 6 nitrogen and oxygen atoms in total. The van der Waals surface area contributed by atoms with Gasteiger partial charge in [0.05, 0.1) is 29.4 Å². The van der Waals surface area contributed by atoms with Gasteiger partial charge in [0.2, 0.25) is 0 Å². The number of methoxy groups -OCH3 is 1. The van der Waals surface area contributed by atoms with Gasteiger partial charge in [0, 0.05) is 12.0 Å². The van der Waals surface area contributed by atoms with Crippen LogP contribution in [0.3, 0.4) is 0 Å². The Kier molecular flexibility index (Phi) is 6.21. The number of carbonyl (C=O) groups excluding carboxylic acids is 2. The first-order chi connectivity index (χ1) is 13.4. The summed E-state index contributed by atoms with van der Waals surface area (Å²) in [5.41, 5.74) is 2.84. The second-order valence-electron chi connectivity index (χ2n) is 6.22. The molecule has 0 bridgehead atoms. The third kappa shape index (κ3) is 4.13. The number of ether oxygens (including phenoxy) is 1. The van der Waals surface area contributed by atoms with Crippen molar-refractivity contribution in [2.45, 2.75) is 12.5 Å². The molecule has 0 aliphatic carbocycles. The molecule has 1 saturated heterocycles. The lowest BCUT2D eigenvalue weighted by atomic mass is 10.0. The number of halogens is 2. The van der Waals surface area contributed by atoms with Crippen molar-refractivity contribution in [2.75, 3.05) is 20.8 Å². The number of likely N-dealkylation sites (tertiary alicyclic amines) is 1. The Bertz CT molecular complexity index is 928. The minimum atomic E-state index is -0.721. The molecule has 0 N–H and O–H groups in total. The van der Waals surface area contributed by atoms with E-state index in [1.807, 2.05) is 18.2 Å². The summed E-state index contributed by atoms with van der Waals surface area (Å²) in [7, 11) is 2.72. The number of rotatable bonds is 4. The molecule has 146 valence electrons. The predicted octanol–water partition coefficient (Wildman–Crippen LogP) is 4.05. The Morgan fingerprint density at radius 2 is 1.71 bits per heavy atom. The number of esters is 1. The van der Waals surface area contributed by atoms with Crippen molar-refractivity contribution in [3.8, 4) is 11.1 Å². The SMILES string of the molecule is CON=C1C[C@@H](C(=O)OC)N(C(=O)c2ccc(-c3ccc(Cl)c(Cl)c3)cc2)C1. The van der Waals surface area contributed by atoms with Crippen LogP contribution in [0.5, 0.6) is 0 Å². The molecule has 1 amide bonds. The van der Waals surface area contributed by atoms with Crippen molar-refractivity contribution < 1.29 is 19.2 Å². The monoisotopic (exact) mass is 420 g/mol. The van der Waals surface area contributed by atoms with Gasteiger partial charge in [0.1, 0.15) is 13.2 Å². The Labute approximate surface area is 172 Å². The molecule has 3 rings (SSSR count). The van der Waals surface area contributed by atoms with Crippen LogP contribution in [0.15, 0.2) is 47.6 Å². The second kappa shape index (κ2) is 8.63. The minimum Gasteiger partial charge on any atom is -0.467 e. The molecular formula is C20H18Cl2N2O4. The van der Waals surface area contributed by atoms with Crippen molar-refractivity contribution >= 4 is 40.8 Å². The zero-order chi connectivity index (χ0) is 20.3. The van der Waals surface area contributed by atoms with E-state index in [4.69, 9.17) is 32.8 Å². The molecule has 0 aromatic heterocycles. The number of hydrogen-bond donors (Lipinski definition) is 0. The van der Waals surface area contributed by atoms with Gasteiger partial charge in [-0.1, -0.05) is 46.6 Å². The van der Waals surface area contributed by atoms with Crippen molar-refractivity contribution in [1.82, 2.24) is 4.90 Å². The molecule has 1 fully saturated rings. The van der Waals surface area contributed by atoms with E-state index in [0.717, 1.165) is 11.1 Å². The van der Waals surface area contributed by atoms with Crippen LogP contribution in [-0.2, 0) is 14.4 Å². The van der Waals surface area contributed by atoms with Gasteiger partial charge in [-0.15, -0.1) is 0 Å². The molecule has 0 radical (unpaired) electrons. The molecule has 0 spiro atoms. The van der Waals surface area contributed by atoms with E-state index < -0.39 is 12.0 Å². The molecule has 2 aromatic rings. The standard InChI is InChI=1S/C20H18Cl2N2O4/c1-27-20(26)18-10-15(23-28-2)11-24(18)19(25)13-5-3-12(4-6-13)14-7-8-16(21)17(22)9-14/h3-9,18H,10-11H2,1-2H3/t18-/m0/s1. The average Bonchev–Trinajstić information content (AvgIpc) is 3.13. The number of hydrogen-bond acceptors (Lipinski definition) is 5. The fourth-order valence-corrected chi connectivity index (χ4v) is 3.40. The fourth-order valence-electron chi connectivity index (χ4n) is 3.11. The molecular weight excluding hydrogens is 403 g/mol. The topological polar surface area (TPSA) is 68.2 Å². The summed E-state index contributed by atoms with van der Waals surface area (Å²) in [6, 6.07) is 11.7. The van der Waals surface area contributed by atoms with Crippen molar-refractivity contribution in [1.29, 1.82) is 0 Å². The highest BCUT2D eigenvalue weighted by Crippen LogP contribution is 2.29. The summed E-state index contributed by atoms with van der Waals surface area (Å²) in [6.07, 6.45) is 0.285. The van der Waals surface area contributed by atoms with Crippen LogP contribution in [0.2, 0.25) is 10.0 Å². The number of benzene rings is 2. The number of nitrogens with zero attached hydrogens (tertiary/aromatic N) is 2. The highest BCUT2D eigenvalue weighted by molar-refractivity contribution is 6.42. The molecule has 1 aliphatic heterocycles. The smallest absolute Gasteiger partial charge is 0.329 e. The Morgan fingerprint density at radius 1 is 1.04 bits per heavy atom. The van der Waals surface area contributed by atoms with E-state index in [2.05, 4.69) is 5.16 Å². The maximum Gasteiger partial charge on any atom is 0.329 e. The molecule has 1 aliphatic rings. The molecule has 8 heteroatoms. The van der Waals surface area contributed by atoms with E-state index in [9.17, 15) is 9.59 Å². The van der Waals surface area contributed by atoms with Crippen molar-refractivity contribution in [3.63, 3.8) is 0 Å². The van der Waals surface area contributed by atoms with Crippen molar-refractivity contribution in [3.05, 3.63) is 58.1 Å². The highest BCUT2D eigenvalue weighted by Gasteiger charge is 2.39. The Morgan fingerprint density at radius 3 is 2.32 bits per heavy atom. The summed E-state index contributed by atoms with van der Waals surface area (Å²) >= 11 is 12.0. The summed E-state index contributed by atoms with van der Waals surface area (Å²) in [5.74, 6) is -0.764. The lowest BCUT2D eigenvalue weighted by Gasteiger charge is -2.22. The summed E-state index contributed by atoms with van der Waals surface area (Å²) in [6.45, 7) is 0.209. The van der Waals surface area contributed by atoms with E-state index >= 15 is 0 Å². The molecule has 28 heavy (non-hydrogen) atoms. The first-order valence-electron chi connectivity index (χ1n) is 8.47. The number of amides is 1. The molecule has 1 heterocycles. The van der Waals surface area contributed by atoms with Crippen LogP contribution in [0.25, 0.3) is 11.1 Å². The summed E-state index contributed by atoms with van der Waals surface area (Å²) in [4.78, 5) is 31.3. The third-order valence-electron chi connectivity index (χ3n) is 4.50. The lowest BCUT2D eigenvalue weighted by Crippen LogP contribution is -2.41. The second-order valence-corrected chi connectivity index (χ2v) is 7.04. The average molecular weight is 421 g/mol. The van der Waals surface area contributed by atoms with Gasteiger partial charge in [-0.05, 0) is 35.4 Å². The van der Waals surface area contributed by atoms with Crippen LogP contribution < -0.4 is 0 Å². The maximum absolute atomic E-state index is 13.0. The molecule has 2 aromatic carbocycles. The van der Waals surface area contributed by atoms with Gasteiger partial charge < -0.3 is 14.5 Å². The molecule has 0 unspecified atom stereocenters. The van der Waals surface area contributed by atoms with E-state index in [-0.39, 0.29) is 18.9 Å². The first-order valence-corrected chi connectivity index (χ1v) is 9.23. The zero-order valence-electron chi connectivity index (χ0n) is 15.3. The van der Waals surface area contributed by atoms with E-state index in [1.165, 1.54) is 19.1 Å². The number of oxime groups is 1. The van der Waals surface area contributed by atoms with Crippen LogP contribution >= 0.6 is 23.2 Å². The first kappa shape index (κ1) is 20.2. The van der Waals surface area contributed by atoms with Gasteiger partial charge in [-0.2, -0.15) is 0 Å². The predicted molar refractivity (Wildman–Crippen MR) is 108 cm³/mol. The van der Waals surface area contributed by atoms with Crippen molar-refractivity contribution in [2.24, 2.45) is 5.16 Å². The normalized spacial score (nSPS) is 17.6. The van der Waals surface area contributed by atoms with Gasteiger partial charge in [-0.25, -0.2) is 4.79 Å². The van der Waals surface area contributed by atoms with Gasteiger partial charge >= 0.3 is 5.97 Å². The van der Waals surface area contributed by atoms with Crippen LogP contribution in [-0.4, -0.2) is 49.3 Å². The highest BCUT2D eigenvalue weighted by atomic mass is 35.5. The quantitative estimate of drug-likeness (QED) is 0.552. The van der Waals surface area contributed by atoms with Crippen LogP contribution in [0.1, 0.15) is 16.8 Å². The van der Waals surface area contributed by atoms with Gasteiger partial charge in [-0.3, -0.25) is 4.79 Å². The lowest BCUT2D eigenvalue weighted by molar-refractivity contribution is -0.145. The Balaban J connectivity index is 1.84.